The third-order valence-corrected chi connectivity index (χ3v) is 3.99. The Morgan fingerprint density at radius 3 is 2.86 bits per heavy atom. The van der Waals surface area contributed by atoms with E-state index >= 15 is 0 Å². The highest BCUT2D eigenvalue weighted by Gasteiger charge is 2.27. The SMILES string of the molecule is NNc1ncc(C(=O)N2CCC(CO)C2)c2ccccc12. The molecule has 21 heavy (non-hydrogen) atoms. The molecule has 1 aromatic heterocycles. The summed E-state index contributed by atoms with van der Waals surface area (Å²) in [6.07, 6.45) is 2.40. The summed E-state index contributed by atoms with van der Waals surface area (Å²) in [6, 6.07) is 7.55. The molecule has 1 atom stereocenters. The van der Waals surface area contributed by atoms with Crippen molar-refractivity contribution in [2.24, 2.45) is 11.8 Å². The zero-order valence-corrected chi connectivity index (χ0v) is 11.6. The molecule has 1 amide bonds. The molecular formula is C15H18N4O2. The molecule has 1 aliphatic rings. The molecule has 1 unspecified atom stereocenters. The lowest BCUT2D eigenvalue weighted by Gasteiger charge is -2.18. The van der Waals surface area contributed by atoms with Gasteiger partial charge in [0, 0.05) is 37.2 Å². The van der Waals surface area contributed by atoms with Gasteiger partial charge in [0.15, 0.2) is 0 Å². The van der Waals surface area contributed by atoms with E-state index in [1.165, 1.54) is 0 Å². The van der Waals surface area contributed by atoms with Gasteiger partial charge in [-0.25, -0.2) is 10.8 Å². The van der Waals surface area contributed by atoms with E-state index in [0.717, 1.165) is 17.2 Å². The van der Waals surface area contributed by atoms with Crippen molar-refractivity contribution in [1.82, 2.24) is 9.88 Å². The van der Waals surface area contributed by atoms with Crippen molar-refractivity contribution in [3.05, 3.63) is 36.0 Å². The van der Waals surface area contributed by atoms with Crippen LogP contribution in [0.25, 0.3) is 10.8 Å². The molecule has 6 nitrogen and oxygen atoms in total. The van der Waals surface area contributed by atoms with E-state index in [2.05, 4.69) is 10.4 Å². The van der Waals surface area contributed by atoms with Gasteiger partial charge in [0.05, 0.1) is 5.56 Å². The van der Waals surface area contributed by atoms with Gasteiger partial charge in [-0.05, 0) is 11.8 Å². The van der Waals surface area contributed by atoms with E-state index in [4.69, 9.17) is 5.84 Å². The van der Waals surface area contributed by atoms with Gasteiger partial charge in [-0.1, -0.05) is 24.3 Å². The Morgan fingerprint density at radius 2 is 2.19 bits per heavy atom. The van der Waals surface area contributed by atoms with Crippen molar-refractivity contribution >= 4 is 22.5 Å². The summed E-state index contributed by atoms with van der Waals surface area (Å²) in [5, 5.41) is 10.9. The number of carbonyl (C=O) groups excluding carboxylic acids is 1. The van der Waals surface area contributed by atoms with Crippen LogP contribution in [0.3, 0.4) is 0 Å². The largest absolute Gasteiger partial charge is 0.396 e. The number of hydrogen-bond donors (Lipinski definition) is 3. The van der Waals surface area contributed by atoms with Crippen LogP contribution in [0, 0.1) is 5.92 Å². The Hall–Kier alpha value is -2.18. The minimum Gasteiger partial charge on any atom is -0.396 e. The standard InChI is InChI=1S/C15H18N4O2/c16-18-14-12-4-2-1-3-11(12)13(7-17-14)15(21)19-6-5-10(8-19)9-20/h1-4,7,10,20H,5-6,8-9,16H2,(H,17,18). The summed E-state index contributed by atoms with van der Waals surface area (Å²) in [7, 11) is 0. The normalized spacial score (nSPS) is 18.2. The number of nitrogen functional groups attached to an aromatic ring is 1. The quantitative estimate of drug-likeness (QED) is 0.578. The summed E-state index contributed by atoms with van der Waals surface area (Å²) < 4.78 is 0. The van der Waals surface area contributed by atoms with Gasteiger partial charge in [-0.2, -0.15) is 0 Å². The molecule has 0 aliphatic carbocycles. The first-order valence-electron chi connectivity index (χ1n) is 6.99. The number of aliphatic hydroxyl groups excluding tert-OH is 1. The number of hydrazine groups is 1. The molecule has 1 fully saturated rings. The van der Waals surface area contributed by atoms with E-state index < -0.39 is 0 Å². The maximum atomic E-state index is 12.7. The maximum absolute atomic E-state index is 12.7. The average molecular weight is 286 g/mol. The second-order valence-corrected chi connectivity index (χ2v) is 5.30. The summed E-state index contributed by atoms with van der Waals surface area (Å²) >= 11 is 0. The highest BCUT2D eigenvalue weighted by atomic mass is 16.3. The van der Waals surface area contributed by atoms with Crippen LogP contribution in [0.2, 0.25) is 0 Å². The topological polar surface area (TPSA) is 91.5 Å². The highest BCUT2D eigenvalue weighted by molar-refractivity contribution is 6.09. The van der Waals surface area contributed by atoms with E-state index in [1.807, 2.05) is 24.3 Å². The third-order valence-electron chi connectivity index (χ3n) is 3.99. The fourth-order valence-corrected chi connectivity index (χ4v) is 2.81. The number of rotatable bonds is 3. The first-order chi connectivity index (χ1) is 10.2. The van der Waals surface area contributed by atoms with Gasteiger partial charge in [-0.15, -0.1) is 0 Å². The van der Waals surface area contributed by atoms with E-state index in [0.29, 0.717) is 24.5 Å². The van der Waals surface area contributed by atoms with Crippen LogP contribution in [0.15, 0.2) is 30.5 Å². The number of nitrogens with one attached hydrogen (secondary N) is 1. The molecule has 1 aromatic carbocycles. The molecule has 0 saturated carbocycles. The van der Waals surface area contributed by atoms with Crippen molar-refractivity contribution in [2.75, 3.05) is 25.1 Å². The molecule has 110 valence electrons. The molecule has 0 spiro atoms. The summed E-state index contributed by atoms with van der Waals surface area (Å²) in [5.74, 6) is 6.15. The Morgan fingerprint density at radius 1 is 1.43 bits per heavy atom. The molecule has 2 heterocycles. The molecular weight excluding hydrogens is 268 g/mol. The Labute approximate surface area is 122 Å². The van der Waals surface area contributed by atoms with Crippen LogP contribution in [0.4, 0.5) is 5.82 Å². The third kappa shape index (κ3) is 2.43. The second-order valence-electron chi connectivity index (χ2n) is 5.30. The lowest BCUT2D eigenvalue weighted by atomic mass is 10.1. The summed E-state index contributed by atoms with van der Waals surface area (Å²) in [4.78, 5) is 18.7. The number of likely N-dealkylation sites (tertiary alicyclic amines) is 1. The van der Waals surface area contributed by atoms with Crippen molar-refractivity contribution in [2.45, 2.75) is 6.42 Å². The van der Waals surface area contributed by atoms with Crippen molar-refractivity contribution < 1.29 is 9.90 Å². The predicted molar refractivity (Wildman–Crippen MR) is 80.6 cm³/mol. The van der Waals surface area contributed by atoms with Crippen LogP contribution >= 0.6 is 0 Å². The Bertz CT molecular complexity index is 674. The van der Waals surface area contributed by atoms with Gasteiger partial charge in [0.25, 0.3) is 5.91 Å². The number of nitrogens with two attached hydrogens (primary N) is 1. The van der Waals surface area contributed by atoms with Crippen molar-refractivity contribution in [3.8, 4) is 0 Å². The molecule has 2 aromatic rings. The number of benzene rings is 1. The van der Waals surface area contributed by atoms with Crippen molar-refractivity contribution in [3.63, 3.8) is 0 Å². The fraction of sp³-hybridized carbons (Fsp3) is 0.333. The number of nitrogens with zero attached hydrogens (tertiary/aromatic N) is 2. The molecule has 0 bridgehead atoms. The monoisotopic (exact) mass is 286 g/mol. The first kappa shape index (κ1) is 13.8. The number of hydrogen-bond acceptors (Lipinski definition) is 5. The fourth-order valence-electron chi connectivity index (χ4n) is 2.81. The highest BCUT2D eigenvalue weighted by Crippen LogP contribution is 2.26. The number of fused-ring (bicyclic) bond motifs is 1. The summed E-state index contributed by atoms with van der Waals surface area (Å²) in [6.45, 7) is 1.40. The zero-order chi connectivity index (χ0) is 14.8. The minimum atomic E-state index is -0.0433. The van der Waals surface area contributed by atoms with Crippen LogP contribution in [0.1, 0.15) is 16.8 Å². The second kappa shape index (κ2) is 5.67. The first-order valence-corrected chi connectivity index (χ1v) is 6.99. The molecule has 1 aliphatic heterocycles. The predicted octanol–water partition coefficient (Wildman–Crippen LogP) is 0.975. The number of aromatic nitrogens is 1. The van der Waals surface area contributed by atoms with Crippen LogP contribution in [-0.2, 0) is 0 Å². The number of aliphatic hydroxyl groups is 1. The molecule has 6 heteroatoms. The van der Waals surface area contributed by atoms with E-state index in [1.54, 1.807) is 11.1 Å². The number of carbonyl (C=O) groups is 1. The molecule has 0 radical (unpaired) electrons. The lowest BCUT2D eigenvalue weighted by Crippen LogP contribution is -2.29. The van der Waals surface area contributed by atoms with Crippen LogP contribution in [-0.4, -0.2) is 40.6 Å². The molecule has 4 N–H and O–H groups in total. The lowest BCUT2D eigenvalue weighted by molar-refractivity contribution is 0.0783. The summed E-state index contributed by atoms with van der Waals surface area (Å²) in [5.41, 5.74) is 3.13. The number of amides is 1. The number of pyridine rings is 1. The average Bonchev–Trinajstić information content (AvgIpc) is 3.02. The van der Waals surface area contributed by atoms with E-state index in [9.17, 15) is 9.90 Å². The smallest absolute Gasteiger partial charge is 0.256 e. The van der Waals surface area contributed by atoms with Gasteiger partial charge >= 0.3 is 0 Å². The van der Waals surface area contributed by atoms with Crippen LogP contribution in [0.5, 0.6) is 0 Å². The van der Waals surface area contributed by atoms with Crippen LogP contribution < -0.4 is 11.3 Å². The maximum Gasteiger partial charge on any atom is 0.256 e. The van der Waals surface area contributed by atoms with Gasteiger partial charge in [0.1, 0.15) is 5.82 Å². The van der Waals surface area contributed by atoms with E-state index in [-0.39, 0.29) is 18.4 Å². The Balaban J connectivity index is 1.99. The van der Waals surface area contributed by atoms with Gasteiger partial charge in [-0.3, -0.25) is 4.79 Å². The zero-order valence-electron chi connectivity index (χ0n) is 11.6. The van der Waals surface area contributed by atoms with Crippen molar-refractivity contribution in [1.29, 1.82) is 0 Å². The molecule has 3 rings (SSSR count). The van der Waals surface area contributed by atoms with Gasteiger partial charge in [0.2, 0.25) is 0 Å². The molecule has 1 saturated heterocycles. The minimum absolute atomic E-state index is 0.0433. The van der Waals surface area contributed by atoms with Gasteiger partial charge < -0.3 is 15.4 Å². The number of anilines is 1. The Kier molecular flexibility index (Phi) is 3.72.